The maximum absolute atomic E-state index is 14.4. The van der Waals surface area contributed by atoms with Crippen LogP contribution in [0.3, 0.4) is 0 Å². The van der Waals surface area contributed by atoms with E-state index in [1.165, 1.54) is 4.90 Å². The number of fused-ring (bicyclic) bond motifs is 1. The minimum Gasteiger partial charge on any atom is -0.396 e. The second-order valence-electron chi connectivity index (χ2n) is 12.1. The SMILES string of the molecule is C=C(/C=C(\C=C/C)[C@]1(Cc2nncn2C)C[C@@H](C#N)C1)N1Cc2c(cc(CN3CCOCC(CO)C3)cc2C(F)(F)F)C1=O. The number of benzene rings is 1. The summed E-state index contributed by atoms with van der Waals surface area (Å²) in [5.74, 6) is -0.0647. The minimum absolute atomic E-state index is 0.0173. The Balaban J connectivity index is 1.45. The predicted octanol–water partition coefficient (Wildman–Crippen LogP) is 4.41. The highest BCUT2D eigenvalue weighted by atomic mass is 19.4. The predicted molar refractivity (Wildman–Crippen MR) is 156 cm³/mol. The molecule has 1 N–H and O–H groups in total. The van der Waals surface area contributed by atoms with Gasteiger partial charge in [-0.1, -0.05) is 18.7 Å². The molecule has 0 spiro atoms. The molecule has 0 radical (unpaired) electrons. The van der Waals surface area contributed by atoms with Gasteiger partial charge in [0.15, 0.2) is 0 Å². The molecule has 1 aromatic heterocycles. The van der Waals surface area contributed by atoms with Crippen molar-refractivity contribution >= 4 is 5.91 Å². The third kappa shape index (κ3) is 6.36. The van der Waals surface area contributed by atoms with Crippen molar-refractivity contribution in [3.8, 4) is 6.07 Å². The van der Waals surface area contributed by atoms with E-state index in [1.807, 2.05) is 35.6 Å². The molecule has 0 bridgehead atoms. The maximum atomic E-state index is 14.4. The third-order valence-electron chi connectivity index (χ3n) is 8.88. The number of carbonyl (C=O) groups excluding carboxylic acids is 1. The first kappa shape index (κ1) is 31.6. The van der Waals surface area contributed by atoms with Gasteiger partial charge < -0.3 is 19.3 Å². The Hall–Kier alpha value is -3.79. The van der Waals surface area contributed by atoms with Crippen molar-refractivity contribution < 1.29 is 27.8 Å². The van der Waals surface area contributed by atoms with Gasteiger partial charge in [0.05, 0.1) is 31.4 Å². The monoisotopic (exact) mass is 610 g/mol. The number of hydrogen-bond acceptors (Lipinski definition) is 7. The van der Waals surface area contributed by atoms with Crippen LogP contribution in [0.1, 0.15) is 52.6 Å². The highest BCUT2D eigenvalue weighted by molar-refractivity contribution is 6.00. The van der Waals surface area contributed by atoms with Crippen molar-refractivity contribution in [2.24, 2.45) is 24.3 Å². The molecule has 5 rings (SSSR count). The number of aryl methyl sites for hydroxylation is 1. The fraction of sp³-hybridized carbons (Fsp3) is 0.500. The lowest BCUT2D eigenvalue weighted by atomic mass is 9.56. The van der Waals surface area contributed by atoms with Crippen LogP contribution in [0.4, 0.5) is 13.2 Å². The zero-order valence-electron chi connectivity index (χ0n) is 25.0. The molecule has 2 fully saturated rings. The first-order valence-corrected chi connectivity index (χ1v) is 14.7. The third-order valence-corrected chi connectivity index (χ3v) is 8.88. The van der Waals surface area contributed by atoms with E-state index < -0.39 is 23.1 Å². The van der Waals surface area contributed by atoms with Crippen LogP contribution in [0.5, 0.6) is 0 Å². The number of carbonyl (C=O) groups is 1. The Labute approximate surface area is 254 Å². The van der Waals surface area contributed by atoms with Gasteiger partial charge >= 0.3 is 6.18 Å². The van der Waals surface area contributed by atoms with Crippen LogP contribution < -0.4 is 0 Å². The average Bonchev–Trinajstić information content (AvgIpc) is 3.42. The second-order valence-corrected chi connectivity index (χ2v) is 12.1. The highest BCUT2D eigenvalue weighted by Gasteiger charge is 2.48. The first-order chi connectivity index (χ1) is 21.0. The molecule has 1 atom stereocenters. The zero-order valence-corrected chi connectivity index (χ0v) is 25.0. The molecule has 2 aromatic rings. The van der Waals surface area contributed by atoms with E-state index in [0.29, 0.717) is 51.1 Å². The molecule has 234 valence electrons. The molecular formula is C32H37F3N6O3. The van der Waals surface area contributed by atoms with Crippen molar-refractivity contribution in [2.75, 3.05) is 32.9 Å². The summed E-state index contributed by atoms with van der Waals surface area (Å²) in [6.07, 6.45) is 4.15. The van der Waals surface area contributed by atoms with Crippen molar-refractivity contribution in [3.63, 3.8) is 0 Å². The van der Waals surface area contributed by atoms with Crippen LogP contribution in [0, 0.1) is 28.6 Å². The van der Waals surface area contributed by atoms with Gasteiger partial charge in [0.1, 0.15) is 12.2 Å². The zero-order chi connectivity index (χ0) is 31.6. The van der Waals surface area contributed by atoms with E-state index >= 15 is 0 Å². The standard InChI is InChI=1S/C32H37F3N6O3/c1-4-5-25(31(11-23(12-31)14-36)13-29-38-37-20-39(29)3)8-21(2)41-17-27-26(30(41)43)9-22(10-28(27)32(33,34)35)15-40-6-7-44-19-24(16-40)18-42/h4-5,8-10,20,23-24,42H,2,6-7,11-13,15-19H2,1,3H3/b5-4-,25-8+/t23-,24?,31-. The van der Waals surface area contributed by atoms with Gasteiger partial charge in [0.25, 0.3) is 5.91 Å². The van der Waals surface area contributed by atoms with Gasteiger partial charge in [-0.2, -0.15) is 18.4 Å². The van der Waals surface area contributed by atoms with Crippen LogP contribution in [0.15, 0.2) is 54.5 Å². The van der Waals surface area contributed by atoms with Gasteiger partial charge in [0.2, 0.25) is 0 Å². The van der Waals surface area contributed by atoms with Crippen LogP contribution in [0.25, 0.3) is 0 Å². The number of halogens is 3. The van der Waals surface area contributed by atoms with Gasteiger partial charge in [-0.15, -0.1) is 10.2 Å². The average molecular weight is 611 g/mol. The number of aromatic nitrogens is 3. The van der Waals surface area contributed by atoms with E-state index in [0.717, 1.165) is 17.5 Å². The van der Waals surface area contributed by atoms with Crippen molar-refractivity contribution in [2.45, 2.75) is 45.5 Å². The fourth-order valence-corrected chi connectivity index (χ4v) is 6.55. The van der Waals surface area contributed by atoms with E-state index in [1.54, 1.807) is 18.5 Å². The molecule has 9 nitrogen and oxygen atoms in total. The molecule has 1 aliphatic carbocycles. The lowest BCUT2D eigenvalue weighted by Gasteiger charge is -2.46. The molecule has 3 heterocycles. The lowest BCUT2D eigenvalue weighted by molar-refractivity contribution is -0.138. The topological polar surface area (TPSA) is 108 Å². The van der Waals surface area contributed by atoms with Gasteiger partial charge in [-0.3, -0.25) is 9.69 Å². The van der Waals surface area contributed by atoms with Crippen LogP contribution in [0.2, 0.25) is 0 Å². The molecule has 1 amide bonds. The van der Waals surface area contributed by atoms with Crippen molar-refractivity contribution in [3.05, 3.63) is 82.6 Å². The number of rotatable bonds is 9. The van der Waals surface area contributed by atoms with Gasteiger partial charge in [0, 0.05) is 68.2 Å². The number of ether oxygens (including phenoxy) is 1. The smallest absolute Gasteiger partial charge is 0.396 e. The number of aliphatic hydroxyl groups excluding tert-OH is 1. The van der Waals surface area contributed by atoms with Gasteiger partial charge in [-0.05, 0) is 54.7 Å². The maximum Gasteiger partial charge on any atom is 0.416 e. The van der Waals surface area contributed by atoms with Crippen molar-refractivity contribution in [1.29, 1.82) is 5.26 Å². The Morgan fingerprint density at radius 3 is 2.75 bits per heavy atom. The van der Waals surface area contributed by atoms with Crippen LogP contribution in [-0.4, -0.2) is 68.5 Å². The largest absolute Gasteiger partial charge is 0.416 e. The summed E-state index contributed by atoms with van der Waals surface area (Å²) in [4.78, 5) is 16.9. The number of hydrogen-bond donors (Lipinski definition) is 1. The number of nitriles is 1. The Morgan fingerprint density at radius 2 is 2.11 bits per heavy atom. The summed E-state index contributed by atoms with van der Waals surface area (Å²) in [7, 11) is 1.85. The number of allylic oxidation sites excluding steroid dienone is 4. The van der Waals surface area contributed by atoms with Gasteiger partial charge in [-0.25, -0.2) is 0 Å². The molecule has 1 saturated heterocycles. The quantitative estimate of drug-likeness (QED) is 0.419. The number of aliphatic hydroxyl groups is 1. The fourth-order valence-electron chi connectivity index (χ4n) is 6.55. The molecule has 12 heteroatoms. The van der Waals surface area contributed by atoms with Crippen LogP contribution >= 0.6 is 0 Å². The summed E-state index contributed by atoms with van der Waals surface area (Å²) in [5.41, 5.74) is 0.154. The summed E-state index contributed by atoms with van der Waals surface area (Å²) in [6.45, 7) is 7.64. The Morgan fingerprint density at radius 1 is 1.34 bits per heavy atom. The minimum atomic E-state index is -4.66. The second kappa shape index (κ2) is 12.7. The molecule has 44 heavy (non-hydrogen) atoms. The molecule has 1 aromatic carbocycles. The summed E-state index contributed by atoms with van der Waals surface area (Å²) >= 11 is 0. The number of amides is 1. The summed E-state index contributed by atoms with van der Waals surface area (Å²) in [5, 5.41) is 27.4. The van der Waals surface area contributed by atoms with E-state index in [-0.39, 0.29) is 48.4 Å². The normalized spacial score (nSPS) is 24.7. The molecule has 1 saturated carbocycles. The number of nitrogens with zero attached hydrogens (tertiary/aromatic N) is 6. The van der Waals surface area contributed by atoms with E-state index in [4.69, 9.17) is 4.74 Å². The molecule has 1 unspecified atom stereocenters. The molecular weight excluding hydrogens is 573 g/mol. The highest BCUT2D eigenvalue weighted by Crippen LogP contribution is 2.53. The summed E-state index contributed by atoms with van der Waals surface area (Å²) < 4.78 is 50.4. The Bertz CT molecular complexity index is 1520. The lowest BCUT2D eigenvalue weighted by Crippen LogP contribution is -2.41. The Kier molecular flexibility index (Phi) is 9.11. The summed E-state index contributed by atoms with van der Waals surface area (Å²) in [6, 6.07) is 5.01. The molecule has 2 aliphatic heterocycles. The van der Waals surface area contributed by atoms with Crippen LogP contribution in [-0.2, 0) is 37.5 Å². The molecule has 3 aliphatic rings. The number of alkyl halides is 3. The van der Waals surface area contributed by atoms with E-state index in [2.05, 4.69) is 22.8 Å². The first-order valence-electron chi connectivity index (χ1n) is 14.7. The van der Waals surface area contributed by atoms with Crippen molar-refractivity contribution in [1.82, 2.24) is 24.6 Å². The van der Waals surface area contributed by atoms with E-state index in [9.17, 15) is 28.3 Å².